The fourth-order valence-electron chi connectivity index (χ4n) is 3.99. The zero-order valence-electron chi connectivity index (χ0n) is 13.9. The zero-order valence-corrected chi connectivity index (χ0v) is 15.5. The third-order valence-electron chi connectivity index (χ3n) is 5.74. The summed E-state index contributed by atoms with van der Waals surface area (Å²) in [4.78, 5) is 0. The molecule has 0 amide bonds. The highest BCUT2D eigenvalue weighted by atomic mass is 79.9. The predicted octanol–water partition coefficient (Wildman–Crippen LogP) is 5.95. The van der Waals surface area contributed by atoms with Gasteiger partial charge in [-0.1, -0.05) is 43.6 Å². The Hall–Kier alpha value is 0.440. The Balaban J connectivity index is 1.88. The molecule has 2 aliphatic carbocycles. The first-order valence-electron chi connectivity index (χ1n) is 8.58. The van der Waals surface area contributed by atoms with E-state index in [1.54, 1.807) is 0 Å². The van der Waals surface area contributed by atoms with Crippen molar-refractivity contribution in [1.82, 2.24) is 0 Å². The maximum atomic E-state index is 6.63. The maximum Gasteiger partial charge on any atom is 0.0782 e. The highest BCUT2D eigenvalue weighted by molar-refractivity contribution is 9.09. The van der Waals surface area contributed by atoms with Crippen LogP contribution in [0.25, 0.3) is 0 Å². The SMILES string of the molecule is CC1CCC(OC2(CBr)CCC(C(C)(C)C)CC2)CC1. The molecule has 0 unspecified atom stereocenters. The number of rotatable bonds is 3. The second-order valence-electron chi connectivity index (χ2n) is 8.46. The van der Waals surface area contributed by atoms with Gasteiger partial charge in [-0.05, 0) is 68.6 Å². The van der Waals surface area contributed by atoms with E-state index >= 15 is 0 Å². The van der Waals surface area contributed by atoms with Gasteiger partial charge in [0.1, 0.15) is 0 Å². The summed E-state index contributed by atoms with van der Waals surface area (Å²) >= 11 is 3.75. The van der Waals surface area contributed by atoms with Gasteiger partial charge in [0.15, 0.2) is 0 Å². The van der Waals surface area contributed by atoms with E-state index in [0.29, 0.717) is 11.5 Å². The highest BCUT2D eigenvalue weighted by Gasteiger charge is 2.40. The minimum Gasteiger partial charge on any atom is -0.371 e. The lowest BCUT2D eigenvalue weighted by molar-refractivity contribution is -0.122. The van der Waals surface area contributed by atoms with Gasteiger partial charge in [-0.2, -0.15) is 0 Å². The summed E-state index contributed by atoms with van der Waals surface area (Å²) in [6, 6.07) is 0. The van der Waals surface area contributed by atoms with Crippen LogP contribution in [0.4, 0.5) is 0 Å². The van der Waals surface area contributed by atoms with E-state index in [9.17, 15) is 0 Å². The van der Waals surface area contributed by atoms with Gasteiger partial charge in [-0.25, -0.2) is 0 Å². The molecule has 2 fully saturated rings. The molecule has 0 N–H and O–H groups in total. The van der Waals surface area contributed by atoms with E-state index in [4.69, 9.17) is 4.74 Å². The molecule has 1 nitrogen and oxygen atoms in total. The van der Waals surface area contributed by atoms with Crippen LogP contribution in [0.3, 0.4) is 0 Å². The van der Waals surface area contributed by atoms with Crippen molar-refractivity contribution in [2.45, 2.75) is 90.8 Å². The molecule has 0 spiro atoms. The van der Waals surface area contributed by atoms with Crippen LogP contribution >= 0.6 is 15.9 Å². The van der Waals surface area contributed by atoms with Crippen molar-refractivity contribution in [3.05, 3.63) is 0 Å². The minimum atomic E-state index is 0.132. The summed E-state index contributed by atoms with van der Waals surface area (Å²) in [7, 11) is 0. The molecule has 0 radical (unpaired) electrons. The molecular formula is C18H33BrO. The molecule has 0 atom stereocenters. The summed E-state index contributed by atoms with van der Waals surface area (Å²) < 4.78 is 6.63. The van der Waals surface area contributed by atoms with Crippen molar-refractivity contribution in [3.8, 4) is 0 Å². The molecule has 0 bridgehead atoms. The van der Waals surface area contributed by atoms with Gasteiger partial charge in [-0.15, -0.1) is 0 Å². The van der Waals surface area contributed by atoms with E-state index in [2.05, 4.69) is 43.6 Å². The average molecular weight is 345 g/mol. The monoisotopic (exact) mass is 344 g/mol. The first-order valence-corrected chi connectivity index (χ1v) is 9.70. The standard InChI is InChI=1S/C18H33BrO/c1-14-5-7-16(8-6-14)20-18(13-19)11-9-15(10-12-18)17(2,3)4/h14-16H,5-13H2,1-4H3. The van der Waals surface area contributed by atoms with Gasteiger partial charge < -0.3 is 4.74 Å². The molecule has 0 aromatic heterocycles. The van der Waals surface area contributed by atoms with Crippen LogP contribution in [0.15, 0.2) is 0 Å². The van der Waals surface area contributed by atoms with Crippen molar-refractivity contribution < 1.29 is 4.74 Å². The number of alkyl halides is 1. The Kier molecular flexibility index (Phi) is 5.62. The van der Waals surface area contributed by atoms with E-state index in [1.165, 1.54) is 51.4 Å². The Labute approximate surface area is 134 Å². The maximum absolute atomic E-state index is 6.63. The molecule has 0 aromatic rings. The fraction of sp³-hybridized carbons (Fsp3) is 1.00. The van der Waals surface area contributed by atoms with Crippen LogP contribution in [0.5, 0.6) is 0 Å². The molecule has 0 saturated heterocycles. The molecular weight excluding hydrogens is 312 g/mol. The molecule has 118 valence electrons. The van der Waals surface area contributed by atoms with Crippen LogP contribution in [-0.2, 0) is 4.74 Å². The summed E-state index contributed by atoms with van der Waals surface area (Å²) in [5, 5.41) is 1.02. The molecule has 2 aliphatic rings. The quantitative estimate of drug-likeness (QED) is 0.574. The van der Waals surface area contributed by atoms with Crippen LogP contribution in [0.2, 0.25) is 0 Å². The van der Waals surface area contributed by atoms with Gasteiger partial charge >= 0.3 is 0 Å². The summed E-state index contributed by atoms with van der Waals surface area (Å²) in [5.41, 5.74) is 0.589. The Morgan fingerprint density at radius 3 is 2.00 bits per heavy atom. The van der Waals surface area contributed by atoms with Crippen LogP contribution < -0.4 is 0 Å². The third kappa shape index (κ3) is 4.22. The van der Waals surface area contributed by atoms with Gasteiger partial charge in [0.05, 0.1) is 11.7 Å². The topological polar surface area (TPSA) is 9.23 Å². The second kappa shape index (κ2) is 6.69. The molecule has 2 rings (SSSR count). The normalized spacial score (nSPS) is 39.8. The van der Waals surface area contributed by atoms with Crippen LogP contribution in [0, 0.1) is 17.3 Å². The van der Waals surface area contributed by atoms with E-state index in [-0.39, 0.29) is 5.60 Å². The molecule has 2 heteroatoms. The molecule has 0 heterocycles. The lowest BCUT2D eigenvalue weighted by atomic mass is 9.68. The predicted molar refractivity (Wildman–Crippen MR) is 90.4 cm³/mol. The van der Waals surface area contributed by atoms with Crippen molar-refractivity contribution in [2.24, 2.45) is 17.3 Å². The van der Waals surface area contributed by atoms with Gasteiger partial charge in [0, 0.05) is 5.33 Å². The van der Waals surface area contributed by atoms with Crippen molar-refractivity contribution in [2.75, 3.05) is 5.33 Å². The van der Waals surface area contributed by atoms with Crippen molar-refractivity contribution >= 4 is 15.9 Å². The van der Waals surface area contributed by atoms with E-state index in [1.807, 2.05) is 0 Å². The summed E-state index contributed by atoms with van der Waals surface area (Å²) in [5.74, 6) is 1.77. The van der Waals surface area contributed by atoms with Gasteiger partial charge in [0.2, 0.25) is 0 Å². The number of hydrogen-bond donors (Lipinski definition) is 0. The lowest BCUT2D eigenvalue weighted by Crippen LogP contribution is -2.44. The van der Waals surface area contributed by atoms with Crippen LogP contribution in [0.1, 0.15) is 79.1 Å². The summed E-state index contributed by atoms with van der Waals surface area (Å²) in [6.07, 6.45) is 10.9. The Morgan fingerprint density at radius 2 is 1.55 bits per heavy atom. The van der Waals surface area contributed by atoms with E-state index in [0.717, 1.165) is 17.2 Å². The minimum absolute atomic E-state index is 0.132. The van der Waals surface area contributed by atoms with E-state index < -0.39 is 0 Å². The summed E-state index contributed by atoms with van der Waals surface area (Å²) in [6.45, 7) is 9.55. The third-order valence-corrected chi connectivity index (χ3v) is 6.77. The largest absolute Gasteiger partial charge is 0.371 e. The highest BCUT2D eigenvalue weighted by Crippen LogP contribution is 2.44. The van der Waals surface area contributed by atoms with Crippen LogP contribution in [-0.4, -0.2) is 17.0 Å². The van der Waals surface area contributed by atoms with Crippen molar-refractivity contribution in [3.63, 3.8) is 0 Å². The number of hydrogen-bond acceptors (Lipinski definition) is 1. The Morgan fingerprint density at radius 1 is 1.00 bits per heavy atom. The number of ether oxygens (including phenoxy) is 1. The molecule has 0 aromatic carbocycles. The van der Waals surface area contributed by atoms with Gasteiger partial charge in [0.25, 0.3) is 0 Å². The van der Waals surface area contributed by atoms with Gasteiger partial charge in [-0.3, -0.25) is 0 Å². The molecule has 20 heavy (non-hydrogen) atoms. The first-order chi connectivity index (χ1) is 9.35. The number of halogens is 1. The smallest absolute Gasteiger partial charge is 0.0782 e. The Bertz CT molecular complexity index is 291. The fourth-order valence-corrected chi connectivity index (χ4v) is 4.69. The second-order valence-corrected chi connectivity index (χ2v) is 9.02. The molecule has 0 aliphatic heterocycles. The molecule has 2 saturated carbocycles. The lowest BCUT2D eigenvalue weighted by Gasteiger charge is -2.45. The first kappa shape index (κ1) is 16.8. The average Bonchev–Trinajstić information content (AvgIpc) is 2.41. The zero-order chi connectivity index (χ0) is 14.8. The van der Waals surface area contributed by atoms with Crippen molar-refractivity contribution in [1.29, 1.82) is 0 Å².